The Labute approximate surface area is 329 Å². The zero-order chi connectivity index (χ0) is 41.4. The largest absolute Gasteiger partial charge is 0.507 e. The Bertz CT molecular complexity index is 2140. The molecule has 0 spiro atoms. The maximum atomic E-state index is 14.5. The molecule has 0 saturated carbocycles. The van der Waals surface area contributed by atoms with Gasteiger partial charge >= 0.3 is 11.8 Å². The third kappa shape index (κ3) is 7.73. The molecule has 0 saturated heterocycles. The van der Waals surface area contributed by atoms with Crippen LogP contribution in [-0.2, 0) is 23.8 Å². The fourth-order valence-corrected chi connectivity index (χ4v) is 8.34. The number of benzene rings is 2. The van der Waals surface area contributed by atoms with Crippen LogP contribution >= 0.6 is 11.3 Å². The van der Waals surface area contributed by atoms with Crippen LogP contribution in [0.25, 0.3) is 21.0 Å². The van der Waals surface area contributed by atoms with Crippen LogP contribution in [0.4, 0.5) is 10.8 Å². The van der Waals surface area contributed by atoms with Crippen molar-refractivity contribution in [2.45, 2.75) is 85.6 Å². The van der Waals surface area contributed by atoms with Gasteiger partial charge in [-0.1, -0.05) is 63.3 Å². The summed E-state index contributed by atoms with van der Waals surface area (Å²) < 4.78 is 24.0. The number of ether oxygens (including phenoxy) is 4. The van der Waals surface area contributed by atoms with E-state index < -0.39 is 83.0 Å². The number of aromatic hydroxyl groups is 2. The number of nitrogens with one attached hydrogen (secondary N) is 2. The van der Waals surface area contributed by atoms with Crippen molar-refractivity contribution < 1.29 is 53.8 Å². The van der Waals surface area contributed by atoms with Crippen LogP contribution in [0, 0.1) is 30.6 Å². The van der Waals surface area contributed by atoms with E-state index in [1.54, 1.807) is 58.9 Å². The molecule has 5 rings (SSSR count). The molecule has 3 heterocycles. The number of aromatic nitrogens is 1. The second-order valence-corrected chi connectivity index (χ2v) is 15.7. The van der Waals surface area contributed by atoms with Gasteiger partial charge in [-0.15, -0.1) is 6.58 Å². The smallest absolute Gasteiger partial charge is 0.312 e. The van der Waals surface area contributed by atoms with Gasteiger partial charge in [0.2, 0.25) is 0 Å². The number of carbonyl (C=O) groups is 3. The number of aliphatic hydroxyl groups is 2. The Kier molecular flexibility index (Phi) is 12.5. The van der Waals surface area contributed by atoms with Gasteiger partial charge in [0.25, 0.3) is 11.7 Å². The van der Waals surface area contributed by atoms with Gasteiger partial charge in [0.1, 0.15) is 23.3 Å². The highest BCUT2D eigenvalue weighted by Crippen LogP contribution is 2.55. The van der Waals surface area contributed by atoms with Gasteiger partial charge in [-0.3, -0.25) is 14.4 Å². The Morgan fingerprint density at radius 2 is 1.77 bits per heavy atom. The first-order valence-corrected chi connectivity index (χ1v) is 19.2. The van der Waals surface area contributed by atoms with Crippen molar-refractivity contribution in [3.63, 3.8) is 0 Å². The molecule has 2 aromatic carbocycles. The zero-order valence-corrected chi connectivity index (χ0v) is 33.8. The number of hydrogen-bond donors (Lipinski definition) is 6. The lowest BCUT2D eigenvalue weighted by atomic mass is 9.78. The molecule has 0 radical (unpaired) electrons. The van der Waals surface area contributed by atoms with Crippen molar-refractivity contribution in [1.29, 1.82) is 0 Å². The molecule has 3 aromatic rings. The molecule has 0 unspecified atom stereocenters. The van der Waals surface area contributed by atoms with E-state index in [0.717, 1.165) is 11.3 Å². The van der Waals surface area contributed by atoms with Crippen molar-refractivity contribution in [2.75, 3.05) is 24.3 Å². The second-order valence-electron chi connectivity index (χ2n) is 14.7. The molecule has 2 aliphatic heterocycles. The highest BCUT2D eigenvalue weighted by molar-refractivity contribution is 7.23. The number of methoxy groups -OCH3 is 1. The first-order chi connectivity index (χ1) is 26.4. The summed E-state index contributed by atoms with van der Waals surface area (Å²) in [7, 11) is 1.45. The highest BCUT2D eigenvalue weighted by Gasteiger charge is 2.49. The van der Waals surface area contributed by atoms with Crippen molar-refractivity contribution in [3.05, 3.63) is 59.9 Å². The fraction of sp³-hybridized carbons (Fsp3) is 0.463. The molecule has 1 amide bonds. The van der Waals surface area contributed by atoms with Gasteiger partial charge in [0.05, 0.1) is 45.7 Å². The Morgan fingerprint density at radius 1 is 1.07 bits per heavy atom. The minimum absolute atomic E-state index is 0.0143. The van der Waals surface area contributed by atoms with Crippen molar-refractivity contribution in [3.8, 4) is 17.2 Å². The number of hydrogen-bond acceptors (Lipinski definition) is 14. The standard InChI is InChI=1S/C41H51N3O11S/c1-11-16-42-40-44-29-26-27-33(48)23(7)36-28(26)38(50)41(9,55-36)53-17-15-25(52-10)20(4)35(54-24(8)45)22(6)32(47)21(5)31(46)18(2)13-12-14-19(3)39(51)43-30(34(27)49)37(29)56-40/h11-15,17-18,20-22,25,31-32,35,46-49H,1,16H2,2-10H3,(H,42,44)(H,43,51)/b13-12+,17-15+,19-14-/t18-,20+,21+,22+,25-,31-,32+,35+,41-/m0/s1. The third-order valence-corrected chi connectivity index (χ3v) is 11.8. The predicted molar refractivity (Wildman–Crippen MR) is 214 cm³/mol. The van der Waals surface area contributed by atoms with Gasteiger partial charge in [0.15, 0.2) is 10.9 Å². The van der Waals surface area contributed by atoms with E-state index in [0.29, 0.717) is 16.4 Å². The number of ketones is 1. The topological polar surface area (TPSA) is 206 Å². The Balaban J connectivity index is 1.72. The van der Waals surface area contributed by atoms with Crippen LogP contribution in [0.2, 0.25) is 0 Å². The van der Waals surface area contributed by atoms with E-state index >= 15 is 0 Å². The number of nitrogens with zero attached hydrogens (tertiary/aromatic N) is 1. The van der Waals surface area contributed by atoms with Gasteiger partial charge in [-0.25, -0.2) is 4.98 Å². The first-order valence-electron chi connectivity index (χ1n) is 18.4. The monoisotopic (exact) mass is 793 g/mol. The van der Waals surface area contributed by atoms with E-state index in [4.69, 9.17) is 23.9 Å². The Hall–Kier alpha value is -4.96. The average molecular weight is 794 g/mol. The Morgan fingerprint density at radius 3 is 2.41 bits per heavy atom. The molecule has 1 aromatic heterocycles. The third-order valence-electron chi connectivity index (χ3n) is 10.8. The maximum Gasteiger partial charge on any atom is 0.312 e. The van der Waals surface area contributed by atoms with Gasteiger partial charge in [-0.2, -0.15) is 0 Å². The SMILES string of the molecule is C=CCNc1nc2c(s1)c1c(O)c3c(O)c(C)c4c(c32)C(=O)[C@@](C)(O/C=C/[C@H](OC)[C@@H](C)[C@@H](OC(C)=O)[C@H](C)[C@H](O)[C@H](C)[C@@H](O)[C@@H](C)/C=C/C=C(/C)C(=O)N1)O4. The molecular formula is C41H51N3O11S. The number of fused-ring (bicyclic) bond motifs is 1. The summed E-state index contributed by atoms with van der Waals surface area (Å²) in [6.45, 7) is 16.8. The number of phenolic OH excluding ortho intramolecular Hbond substituents is 2. The number of phenols is 2. The summed E-state index contributed by atoms with van der Waals surface area (Å²) in [5.74, 6) is -6.96. The fourth-order valence-electron chi connectivity index (χ4n) is 7.36. The van der Waals surface area contributed by atoms with E-state index in [9.17, 15) is 34.8 Å². The molecule has 0 fully saturated rings. The molecule has 6 N–H and O–H groups in total. The van der Waals surface area contributed by atoms with Crippen LogP contribution in [0.5, 0.6) is 17.2 Å². The normalized spacial score (nSPS) is 30.9. The van der Waals surface area contributed by atoms with Crippen molar-refractivity contribution in [1.82, 2.24) is 4.98 Å². The molecule has 2 aliphatic rings. The number of thiazole rings is 1. The predicted octanol–water partition coefficient (Wildman–Crippen LogP) is 6.26. The average Bonchev–Trinajstić information content (AvgIpc) is 3.70. The summed E-state index contributed by atoms with van der Waals surface area (Å²) in [4.78, 5) is 45.2. The molecule has 302 valence electrons. The number of esters is 1. The second kappa shape index (κ2) is 16.6. The summed E-state index contributed by atoms with van der Waals surface area (Å²) in [5, 5.41) is 52.5. The van der Waals surface area contributed by atoms with E-state index in [-0.39, 0.29) is 44.4 Å². The van der Waals surface area contributed by atoms with Crippen LogP contribution in [-0.4, -0.2) is 86.9 Å². The molecule has 9 atom stereocenters. The highest BCUT2D eigenvalue weighted by atomic mass is 32.1. The zero-order valence-electron chi connectivity index (χ0n) is 33.0. The van der Waals surface area contributed by atoms with Crippen LogP contribution < -0.4 is 15.4 Å². The van der Waals surface area contributed by atoms with E-state index in [1.807, 2.05) is 0 Å². The first kappa shape index (κ1) is 42.2. The number of Topliss-reactive ketones (excluding diaryl/α,β-unsaturated/α-hetero) is 1. The number of anilines is 2. The van der Waals surface area contributed by atoms with Crippen molar-refractivity contribution >= 4 is 60.8 Å². The molecule has 56 heavy (non-hydrogen) atoms. The summed E-state index contributed by atoms with van der Waals surface area (Å²) >= 11 is 1.12. The number of allylic oxidation sites excluding steroid dienone is 2. The number of carbonyl (C=O) groups excluding carboxylic acids is 3. The summed E-state index contributed by atoms with van der Waals surface area (Å²) in [6.07, 6.45) is 5.49. The number of amides is 1. The van der Waals surface area contributed by atoms with E-state index in [2.05, 4.69) is 17.2 Å². The minimum atomic E-state index is -1.95. The number of aliphatic hydroxyl groups excluding tert-OH is 2. The quantitative estimate of drug-likeness (QED) is 0.0961. The van der Waals surface area contributed by atoms with Crippen LogP contribution in [0.15, 0.2) is 48.8 Å². The van der Waals surface area contributed by atoms with Crippen LogP contribution in [0.1, 0.15) is 64.4 Å². The lowest BCUT2D eigenvalue weighted by Crippen LogP contribution is -2.46. The van der Waals surface area contributed by atoms with Gasteiger partial charge in [-0.05, 0) is 19.9 Å². The molecule has 14 nitrogen and oxygen atoms in total. The van der Waals surface area contributed by atoms with Crippen LogP contribution in [0.3, 0.4) is 0 Å². The lowest BCUT2D eigenvalue weighted by Gasteiger charge is -2.38. The van der Waals surface area contributed by atoms with Gasteiger partial charge in [0, 0.05) is 67.7 Å². The maximum absolute atomic E-state index is 14.5. The molecule has 4 bridgehead atoms. The molecular weight excluding hydrogens is 743 g/mol. The summed E-state index contributed by atoms with van der Waals surface area (Å²) in [5.41, 5.74) is 0.582. The van der Waals surface area contributed by atoms with Gasteiger partial charge < -0.3 is 50.0 Å². The van der Waals surface area contributed by atoms with Crippen molar-refractivity contribution in [2.24, 2.45) is 23.7 Å². The summed E-state index contributed by atoms with van der Waals surface area (Å²) in [6, 6.07) is 0. The molecule has 0 aliphatic carbocycles. The number of rotatable bonds is 5. The van der Waals surface area contributed by atoms with E-state index in [1.165, 1.54) is 40.2 Å². The molecule has 15 heteroatoms. The lowest BCUT2D eigenvalue weighted by molar-refractivity contribution is -0.160. The minimum Gasteiger partial charge on any atom is -0.507 e.